The van der Waals surface area contributed by atoms with Crippen LogP contribution in [0.2, 0.25) is 0 Å². The SMILES string of the molecule is CC(=O)c1ccc(Nc2ccc(Br)cc2F)cc1N. The molecular weight excluding hydrogens is 311 g/mol. The molecule has 0 heterocycles. The zero-order chi connectivity index (χ0) is 14.0. The van der Waals surface area contributed by atoms with E-state index in [-0.39, 0.29) is 11.6 Å². The van der Waals surface area contributed by atoms with E-state index in [9.17, 15) is 9.18 Å². The Kier molecular flexibility index (Phi) is 3.85. The van der Waals surface area contributed by atoms with Crippen LogP contribution in [0.15, 0.2) is 40.9 Å². The van der Waals surface area contributed by atoms with Gasteiger partial charge >= 0.3 is 0 Å². The van der Waals surface area contributed by atoms with Crippen molar-refractivity contribution in [3.05, 3.63) is 52.3 Å². The van der Waals surface area contributed by atoms with Gasteiger partial charge in [-0.05, 0) is 43.3 Å². The van der Waals surface area contributed by atoms with Gasteiger partial charge < -0.3 is 11.1 Å². The Hall–Kier alpha value is -1.88. The summed E-state index contributed by atoms with van der Waals surface area (Å²) >= 11 is 3.19. The fourth-order valence-electron chi connectivity index (χ4n) is 1.71. The molecule has 98 valence electrons. The third-order valence-corrected chi connectivity index (χ3v) is 3.13. The van der Waals surface area contributed by atoms with Crippen LogP contribution in [0.5, 0.6) is 0 Å². The van der Waals surface area contributed by atoms with Gasteiger partial charge in [0.15, 0.2) is 5.78 Å². The van der Waals surface area contributed by atoms with Crippen molar-refractivity contribution in [1.82, 2.24) is 0 Å². The summed E-state index contributed by atoms with van der Waals surface area (Å²) in [7, 11) is 0. The first-order valence-electron chi connectivity index (χ1n) is 5.60. The summed E-state index contributed by atoms with van der Waals surface area (Å²) in [5.41, 5.74) is 7.58. The Bertz CT molecular complexity index is 643. The molecule has 2 aromatic rings. The summed E-state index contributed by atoms with van der Waals surface area (Å²) in [6, 6.07) is 9.65. The van der Waals surface area contributed by atoms with E-state index in [1.165, 1.54) is 13.0 Å². The smallest absolute Gasteiger partial charge is 0.161 e. The van der Waals surface area contributed by atoms with Gasteiger partial charge in [-0.1, -0.05) is 15.9 Å². The molecule has 2 aromatic carbocycles. The molecule has 0 bridgehead atoms. The minimum atomic E-state index is -0.372. The largest absolute Gasteiger partial charge is 0.398 e. The van der Waals surface area contributed by atoms with E-state index in [1.54, 1.807) is 30.3 Å². The lowest BCUT2D eigenvalue weighted by Crippen LogP contribution is -2.01. The number of hydrogen-bond donors (Lipinski definition) is 2. The van der Waals surface area contributed by atoms with Crippen LogP contribution in [-0.2, 0) is 0 Å². The third-order valence-electron chi connectivity index (χ3n) is 2.64. The quantitative estimate of drug-likeness (QED) is 0.660. The van der Waals surface area contributed by atoms with Gasteiger partial charge in [-0.2, -0.15) is 0 Å². The second-order valence-electron chi connectivity index (χ2n) is 4.11. The van der Waals surface area contributed by atoms with Crippen molar-refractivity contribution in [2.45, 2.75) is 6.92 Å². The van der Waals surface area contributed by atoms with E-state index in [0.717, 1.165) is 0 Å². The summed E-state index contributed by atoms with van der Waals surface area (Å²) in [5.74, 6) is -0.470. The number of nitrogens with two attached hydrogens (primary N) is 1. The minimum absolute atomic E-state index is 0.0983. The molecule has 0 aliphatic heterocycles. The van der Waals surface area contributed by atoms with Crippen molar-refractivity contribution in [2.75, 3.05) is 11.1 Å². The molecule has 0 unspecified atom stereocenters. The monoisotopic (exact) mass is 322 g/mol. The molecule has 2 rings (SSSR count). The first-order valence-corrected chi connectivity index (χ1v) is 6.39. The van der Waals surface area contributed by atoms with Crippen LogP contribution in [0, 0.1) is 5.82 Å². The van der Waals surface area contributed by atoms with Crippen LogP contribution in [-0.4, -0.2) is 5.78 Å². The number of Topliss-reactive ketones (excluding diaryl/α,β-unsaturated/α-hetero) is 1. The molecule has 0 saturated carbocycles. The Balaban J connectivity index is 2.29. The second-order valence-corrected chi connectivity index (χ2v) is 5.02. The molecular formula is C14H12BrFN2O. The molecule has 0 aliphatic rings. The molecule has 3 nitrogen and oxygen atoms in total. The second kappa shape index (κ2) is 5.40. The topological polar surface area (TPSA) is 55.1 Å². The number of hydrogen-bond acceptors (Lipinski definition) is 3. The van der Waals surface area contributed by atoms with E-state index >= 15 is 0 Å². The van der Waals surface area contributed by atoms with Crippen molar-refractivity contribution < 1.29 is 9.18 Å². The number of ketones is 1. The van der Waals surface area contributed by atoms with Gasteiger partial charge in [-0.15, -0.1) is 0 Å². The highest BCUT2D eigenvalue weighted by Crippen LogP contribution is 2.25. The van der Waals surface area contributed by atoms with Crippen LogP contribution in [0.1, 0.15) is 17.3 Å². The van der Waals surface area contributed by atoms with Gasteiger partial charge in [-0.25, -0.2) is 4.39 Å². The minimum Gasteiger partial charge on any atom is -0.398 e. The lowest BCUT2D eigenvalue weighted by atomic mass is 10.1. The molecule has 0 atom stereocenters. The maximum atomic E-state index is 13.7. The van der Waals surface area contributed by atoms with E-state index < -0.39 is 0 Å². The van der Waals surface area contributed by atoms with Gasteiger partial charge in [0.25, 0.3) is 0 Å². The molecule has 19 heavy (non-hydrogen) atoms. The predicted molar refractivity (Wildman–Crippen MR) is 78.2 cm³/mol. The van der Waals surface area contributed by atoms with Gasteiger partial charge in [0, 0.05) is 21.4 Å². The van der Waals surface area contributed by atoms with E-state index in [2.05, 4.69) is 21.2 Å². The number of nitrogens with one attached hydrogen (secondary N) is 1. The molecule has 0 aliphatic carbocycles. The normalized spacial score (nSPS) is 10.3. The fourth-order valence-corrected chi connectivity index (χ4v) is 2.04. The van der Waals surface area contributed by atoms with Crippen molar-refractivity contribution in [2.24, 2.45) is 0 Å². The number of nitrogen functional groups attached to an aromatic ring is 1. The maximum absolute atomic E-state index is 13.7. The number of anilines is 3. The maximum Gasteiger partial charge on any atom is 0.161 e. The number of carbonyl (C=O) groups excluding carboxylic acids is 1. The molecule has 5 heteroatoms. The standard InChI is InChI=1S/C14H12BrFN2O/c1-8(19)11-4-3-10(7-13(11)17)18-14-5-2-9(15)6-12(14)16/h2-7,18H,17H2,1H3. The van der Waals surface area contributed by atoms with Gasteiger partial charge in [0.05, 0.1) is 5.69 Å². The van der Waals surface area contributed by atoms with Crippen LogP contribution in [0.4, 0.5) is 21.5 Å². The van der Waals surface area contributed by atoms with Crippen LogP contribution in [0.3, 0.4) is 0 Å². The van der Waals surface area contributed by atoms with E-state index in [0.29, 0.717) is 27.1 Å². The molecule has 0 fully saturated rings. The average molecular weight is 323 g/mol. The van der Waals surface area contributed by atoms with Crippen LogP contribution >= 0.6 is 15.9 Å². The summed E-state index contributed by atoms with van der Waals surface area (Å²) in [6.07, 6.45) is 0. The van der Waals surface area contributed by atoms with E-state index in [4.69, 9.17) is 5.73 Å². The number of rotatable bonds is 3. The zero-order valence-corrected chi connectivity index (χ0v) is 11.8. The van der Waals surface area contributed by atoms with Crippen LogP contribution in [0.25, 0.3) is 0 Å². The number of carbonyl (C=O) groups is 1. The first-order chi connectivity index (χ1) is 8.97. The molecule has 0 aromatic heterocycles. The summed E-state index contributed by atoms with van der Waals surface area (Å²) in [6.45, 7) is 1.45. The highest BCUT2D eigenvalue weighted by Gasteiger charge is 2.07. The Morgan fingerprint density at radius 3 is 2.58 bits per heavy atom. The lowest BCUT2D eigenvalue weighted by molar-refractivity contribution is 0.101. The van der Waals surface area contributed by atoms with E-state index in [1.807, 2.05) is 0 Å². The van der Waals surface area contributed by atoms with Crippen molar-refractivity contribution in [3.8, 4) is 0 Å². The van der Waals surface area contributed by atoms with Gasteiger partial charge in [-0.3, -0.25) is 4.79 Å². The highest BCUT2D eigenvalue weighted by atomic mass is 79.9. The summed E-state index contributed by atoms with van der Waals surface area (Å²) in [5, 5.41) is 2.92. The molecule has 0 radical (unpaired) electrons. The molecule has 0 saturated heterocycles. The van der Waals surface area contributed by atoms with Crippen molar-refractivity contribution >= 4 is 38.8 Å². The lowest BCUT2D eigenvalue weighted by Gasteiger charge is -2.10. The average Bonchev–Trinajstić information content (AvgIpc) is 2.32. The van der Waals surface area contributed by atoms with Gasteiger partial charge in [0.1, 0.15) is 5.82 Å². The molecule has 0 amide bonds. The number of benzene rings is 2. The predicted octanol–water partition coefficient (Wildman–Crippen LogP) is 4.12. The zero-order valence-electron chi connectivity index (χ0n) is 10.2. The summed E-state index contributed by atoms with van der Waals surface area (Å²) < 4.78 is 14.3. The Labute approximate surface area is 118 Å². The van der Waals surface area contributed by atoms with Crippen molar-refractivity contribution in [1.29, 1.82) is 0 Å². The Morgan fingerprint density at radius 2 is 2.00 bits per heavy atom. The fraction of sp³-hybridized carbons (Fsp3) is 0.0714. The first kappa shape index (κ1) is 13.5. The van der Waals surface area contributed by atoms with Crippen LogP contribution < -0.4 is 11.1 Å². The summed E-state index contributed by atoms with van der Waals surface area (Å²) in [4.78, 5) is 11.3. The Morgan fingerprint density at radius 1 is 1.26 bits per heavy atom. The highest BCUT2D eigenvalue weighted by molar-refractivity contribution is 9.10. The van der Waals surface area contributed by atoms with Crippen molar-refractivity contribution in [3.63, 3.8) is 0 Å². The third kappa shape index (κ3) is 3.12. The number of halogens is 2. The molecule has 3 N–H and O–H groups in total. The molecule has 0 spiro atoms. The van der Waals surface area contributed by atoms with Gasteiger partial charge in [0.2, 0.25) is 0 Å².